The highest BCUT2D eigenvalue weighted by Crippen LogP contribution is 2.33. The lowest BCUT2D eigenvalue weighted by Crippen LogP contribution is -2.35. The van der Waals surface area contributed by atoms with Crippen LogP contribution in [0.5, 0.6) is 5.75 Å². The Morgan fingerprint density at radius 1 is 1.37 bits per heavy atom. The summed E-state index contributed by atoms with van der Waals surface area (Å²) in [5, 5.41) is 1.45. The van der Waals surface area contributed by atoms with Gasteiger partial charge in [-0.25, -0.2) is 4.98 Å². The van der Waals surface area contributed by atoms with Gasteiger partial charge in [-0.2, -0.15) is 0 Å². The van der Waals surface area contributed by atoms with Crippen LogP contribution in [0.25, 0.3) is 11.0 Å². The Morgan fingerprint density at radius 2 is 2.21 bits per heavy atom. The van der Waals surface area contributed by atoms with Gasteiger partial charge in [0, 0.05) is 17.4 Å². The molecule has 1 aliphatic rings. The van der Waals surface area contributed by atoms with Crippen LogP contribution in [0.3, 0.4) is 0 Å². The van der Waals surface area contributed by atoms with Crippen molar-refractivity contribution in [2.75, 3.05) is 7.11 Å². The molecule has 1 fully saturated rings. The van der Waals surface area contributed by atoms with E-state index in [1.54, 1.807) is 18.9 Å². The monoisotopic (exact) mass is 277 g/mol. The minimum Gasteiger partial charge on any atom is -0.497 e. The Labute approximate surface area is 117 Å². The van der Waals surface area contributed by atoms with Gasteiger partial charge in [0.15, 0.2) is 5.16 Å². The molecule has 0 aliphatic heterocycles. The van der Waals surface area contributed by atoms with Gasteiger partial charge in [-0.1, -0.05) is 24.6 Å². The number of aromatic nitrogens is 2. The first kappa shape index (κ1) is 12.8. The molecule has 19 heavy (non-hydrogen) atoms. The lowest BCUT2D eigenvalue weighted by molar-refractivity contribution is 0.415. The Morgan fingerprint density at radius 3 is 3.00 bits per heavy atom. The molecule has 2 aromatic rings. The smallest absolute Gasteiger partial charge is 0.166 e. The summed E-state index contributed by atoms with van der Waals surface area (Å²) in [5.74, 6) is 0.849. The van der Waals surface area contributed by atoms with E-state index in [9.17, 15) is 0 Å². The van der Waals surface area contributed by atoms with Crippen LogP contribution >= 0.6 is 11.8 Å². The molecule has 0 bridgehead atoms. The minimum atomic E-state index is 0.293. The number of H-pyrrole nitrogens is 1. The van der Waals surface area contributed by atoms with Gasteiger partial charge < -0.3 is 15.5 Å². The van der Waals surface area contributed by atoms with Gasteiger partial charge in [-0.05, 0) is 25.0 Å². The van der Waals surface area contributed by atoms with Gasteiger partial charge in [0.05, 0.1) is 18.1 Å². The van der Waals surface area contributed by atoms with Crippen molar-refractivity contribution in [2.24, 2.45) is 5.73 Å². The van der Waals surface area contributed by atoms with E-state index < -0.39 is 0 Å². The van der Waals surface area contributed by atoms with Crippen molar-refractivity contribution in [3.05, 3.63) is 18.2 Å². The van der Waals surface area contributed by atoms with E-state index in [-0.39, 0.29) is 0 Å². The van der Waals surface area contributed by atoms with E-state index >= 15 is 0 Å². The summed E-state index contributed by atoms with van der Waals surface area (Å²) in [6, 6.07) is 6.19. The summed E-state index contributed by atoms with van der Waals surface area (Å²) < 4.78 is 5.22. The van der Waals surface area contributed by atoms with Gasteiger partial charge in [0.2, 0.25) is 0 Å². The van der Waals surface area contributed by atoms with Gasteiger partial charge in [-0.3, -0.25) is 0 Å². The summed E-state index contributed by atoms with van der Waals surface area (Å²) >= 11 is 1.78. The fraction of sp³-hybridized carbons (Fsp3) is 0.500. The molecule has 4 nitrogen and oxygen atoms in total. The lowest BCUT2D eigenvalue weighted by Gasteiger charge is -2.26. The second-order valence-corrected chi connectivity index (χ2v) is 6.26. The molecule has 0 radical (unpaired) electrons. The molecule has 5 heteroatoms. The van der Waals surface area contributed by atoms with E-state index in [2.05, 4.69) is 9.97 Å². The van der Waals surface area contributed by atoms with E-state index in [1.165, 1.54) is 19.3 Å². The van der Waals surface area contributed by atoms with Crippen molar-refractivity contribution in [3.8, 4) is 5.75 Å². The number of benzene rings is 1. The van der Waals surface area contributed by atoms with Crippen LogP contribution in [0, 0.1) is 0 Å². The number of ether oxygens (including phenoxy) is 1. The third-order valence-corrected chi connectivity index (χ3v) is 4.99. The number of rotatable bonds is 3. The highest BCUT2D eigenvalue weighted by molar-refractivity contribution is 7.99. The van der Waals surface area contributed by atoms with E-state index in [0.717, 1.165) is 28.4 Å². The Balaban J connectivity index is 1.81. The van der Waals surface area contributed by atoms with Crippen LogP contribution in [-0.4, -0.2) is 28.4 Å². The average Bonchev–Trinajstić information content (AvgIpc) is 2.82. The SMILES string of the molecule is COc1ccc2nc(SC3CCCCC3N)[nH]c2c1. The van der Waals surface area contributed by atoms with Gasteiger partial charge in [-0.15, -0.1) is 0 Å². The molecule has 1 aromatic carbocycles. The Kier molecular flexibility index (Phi) is 3.66. The third-order valence-electron chi connectivity index (χ3n) is 3.68. The zero-order valence-corrected chi connectivity index (χ0v) is 11.9. The number of thioether (sulfide) groups is 1. The summed E-state index contributed by atoms with van der Waals surface area (Å²) in [7, 11) is 1.67. The van der Waals surface area contributed by atoms with Crippen molar-refractivity contribution in [3.63, 3.8) is 0 Å². The fourth-order valence-corrected chi connectivity index (χ4v) is 3.77. The Hall–Kier alpha value is -1.20. The minimum absolute atomic E-state index is 0.293. The molecule has 2 atom stereocenters. The molecule has 3 N–H and O–H groups in total. The Bertz CT molecular complexity index is 569. The predicted molar refractivity (Wildman–Crippen MR) is 78.7 cm³/mol. The molecule has 1 aliphatic carbocycles. The van der Waals surface area contributed by atoms with E-state index in [1.807, 2.05) is 18.2 Å². The molecular formula is C14H19N3OS. The first-order valence-corrected chi connectivity index (χ1v) is 7.60. The first-order valence-electron chi connectivity index (χ1n) is 6.72. The van der Waals surface area contributed by atoms with Gasteiger partial charge in [0.25, 0.3) is 0 Å². The number of fused-ring (bicyclic) bond motifs is 1. The molecular weight excluding hydrogens is 258 g/mol. The highest BCUT2D eigenvalue weighted by Gasteiger charge is 2.23. The average molecular weight is 277 g/mol. The number of methoxy groups -OCH3 is 1. The standard InChI is InChI=1S/C14H19N3OS/c1-18-9-6-7-11-12(8-9)17-14(16-11)19-13-5-3-2-4-10(13)15/h6-8,10,13H,2-5,15H2,1H3,(H,16,17). The van der Waals surface area contributed by atoms with Gasteiger partial charge in [0.1, 0.15) is 5.75 Å². The first-order chi connectivity index (χ1) is 9.26. The summed E-state index contributed by atoms with van der Waals surface area (Å²) in [5.41, 5.74) is 8.18. The molecule has 102 valence electrons. The number of hydrogen-bond acceptors (Lipinski definition) is 4. The van der Waals surface area contributed by atoms with Crippen LogP contribution in [0.2, 0.25) is 0 Å². The second kappa shape index (κ2) is 5.43. The number of imidazole rings is 1. The summed E-state index contributed by atoms with van der Waals surface area (Å²) in [6.07, 6.45) is 4.85. The third kappa shape index (κ3) is 2.72. The molecule has 3 rings (SSSR count). The number of hydrogen-bond donors (Lipinski definition) is 2. The van der Waals surface area contributed by atoms with Crippen molar-refractivity contribution < 1.29 is 4.74 Å². The molecule has 1 heterocycles. The number of nitrogens with zero attached hydrogens (tertiary/aromatic N) is 1. The number of nitrogens with two attached hydrogens (primary N) is 1. The van der Waals surface area contributed by atoms with Crippen molar-refractivity contribution in [1.82, 2.24) is 9.97 Å². The molecule has 2 unspecified atom stereocenters. The quantitative estimate of drug-likeness (QED) is 0.905. The maximum atomic E-state index is 6.18. The van der Waals surface area contributed by atoms with Crippen LogP contribution in [0.1, 0.15) is 25.7 Å². The van der Waals surface area contributed by atoms with Crippen molar-refractivity contribution in [2.45, 2.75) is 42.1 Å². The predicted octanol–water partition coefficient (Wildman–Crippen LogP) is 2.93. The maximum absolute atomic E-state index is 6.18. The topological polar surface area (TPSA) is 63.9 Å². The lowest BCUT2D eigenvalue weighted by atomic mass is 9.96. The molecule has 1 aromatic heterocycles. The van der Waals surface area contributed by atoms with Crippen molar-refractivity contribution >= 4 is 22.8 Å². The zero-order valence-electron chi connectivity index (χ0n) is 11.1. The molecule has 0 amide bonds. The van der Waals surface area contributed by atoms with Crippen LogP contribution < -0.4 is 10.5 Å². The largest absolute Gasteiger partial charge is 0.497 e. The van der Waals surface area contributed by atoms with Crippen LogP contribution in [0.15, 0.2) is 23.4 Å². The number of aromatic amines is 1. The fourth-order valence-electron chi connectivity index (χ4n) is 2.56. The van der Waals surface area contributed by atoms with Crippen LogP contribution in [0.4, 0.5) is 0 Å². The highest BCUT2D eigenvalue weighted by atomic mass is 32.2. The maximum Gasteiger partial charge on any atom is 0.166 e. The molecule has 0 saturated heterocycles. The zero-order chi connectivity index (χ0) is 13.2. The van der Waals surface area contributed by atoms with Crippen molar-refractivity contribution in [1.29, 1.82) is 0 Å². The molecule has 1 saturated carbocycles. The van der Waals surface area contributed by atoms with E-state index in [4.69, 9.17) is 10.5 Å². The normalized spacial score (nSPS) is 23.7. The van der Waals surface area contributed by atoms with Crippen LogP contribution in [-0.2, 0) is 0 Å². The number of nitrogens with one attached hydrogen (secondary N) is 1. The van der Waals surface area contributed by atoms with Gasteiger partial charge >= 0.3 is 0 Å². The van der Waals surface area contributed by atoms with E-state index in [0.29, 0.717) is 11.3 Å². The second-order valence-electron chi connectivity index (χ2n) is 5.03. The molecule has 0 spiro atoms. The summed E-state index contributed by atoms with van der Waals surface area (Å²) in [6.45, 7) is 0. The summed E-state index contributed by atoms with van der Waals surface area (Å²) in [4.78, 5) is 7.97.